The molecular formula is C11H10FNO2. The molecule has 0 aromatic heterocycles. The van der Waals surface area contributed by atoms with Crippen molar-refractivity contribution in [3.63, 3.8) is 0 Å². The Bertz CT molecular complexity index is 394. The van der Waals surface area contributed by atoms with E-state index in [4.69, 9.17) is 14.7 Å². The molecule has 1 aromatic carbocycles. The molecule has 0 aliphatic carbocycles. The van der Waals surface area contributed by atoms with E-state index in [1.54, 1.807) is 12.1 Å². The second-order valence-electron chi connectivity index (χ2n) is 3.28. The van der Waals surface area contributed by atoms with Gasteiger partial charge in [0, 0.05) is 5.56 Å². The van der Waals surface area contributed by atoms with Crippen LogP contribution in [0.1, 0.15) is 23.8 Å². The van der Waals surface area contributed by atoms with Crippen LogP contribution < -0.4 is 0 Å². The lowest BCUT2D eigenvalue weighted by atomic mass is 10.1. The Balaban J connectivity index is 2.22. The van der Waals surface area contributed by atoms with Crippen molar-refractivity contribution in [1.29, 1.82) is 5.26 Å². The first-order chi connectivity index (χ1) is 7.31. The number of hydrogen-bond acceptors (Lipinski definition) is 3. The molecule has 0 saturated carbocycles. The highest BCUT2D eigenvalue weighted by Crippen LogP contribution is 2.24. The van der Waals surface area contributed by atoms with Gasteiger partial charge >= 0.3 is 0 Å². The van der Waals surface area contributed by atoms with Crippen molar-refractivity contribution in [3.05, 3.63) is 35.1 Å². The van der Waals surface area contributed by atoms with Gasteiger partial charge in [-0.15, -0.1) is 0 Å². The molecule has 15 heavy (non-hydrogen) atoms. The largest absolute Gasteiger partial charge is 0.348 e. The van der Waals surface area contributed by atoms with E-state index < -0.39 is 12.1 Å². The van der Waals surface area contributed by atoms with Crippen LogP contribution in [0.25, 0.3) is 0 Å². The molecule has 1 aliphatic heterocycles. The monoisotopic (exact) mass is 207 g/mol. The summed E-state index contributed by atoms with van der Waals surface area (Å²) >= 11 is 0. The van der Waals surface area contributed by atoms with Crippen molar-refractivity contribution in [2.24, 2.45) is 0 Å². The van der Waals surface area contributed by atoms with Crippen LogP contribution in [-0.2, 0) is 9.47 Å². The van der Waals surface area contributed by atoms with Crippen molar-refractivity contribution < 1.29 is 13.9 Å². The van der Waals surface area contributed by atoms with Crippen LogP contribution in [0.2, 0.25) is 0 Å². The summed E-state index contributed by atoms with van der Waals surface area (Å²) in [4.78, 5) is 0. The maximum atomic E-state index is 13.3. The average Bonchev–Trinajstić information content (AvgIpc) is 2.30. The van der Waals surface area contributed by atoms with Crippen LogP contribution in [-0.4, -0.2) is 13.2 Å². The highest BCUT2D eigenvalue weighted by molar-refractivity contribution is 5.33. The van der Waals surface area contributed by atoms with Crippen LogP contribution in [0.4, 0.5) is 4.39 Å². The van der Waals surface area contributed by atoms with Crippen LogP contribution in [0, 0.1) is 17.1 Å². The van der Waals surface area contributed by atoms with Crippen LogP contribution in [0.5, 0.6) is 0 Å². The molecule has 4 heteroatoms. The molecule has 1 saturated heterocycles. The Morgan fingerprint density at radius 3 is 2.67 bits per heavy atom. The van der Waals surface area contributed by atoms with E-state index in [1.807, 2.05) is 0 Å². The van der Waals surface area contributed by atoms with Gasteiger partial charge in [0.25, 0.3) is 0 Å². The van der Waals surface area contributed by atoms with E-state index in [1.165, 1.54) is 12.1 Å². The van der Waals surface area contributed by atoms with Crippen LogP contribution in [0.3, 0.4) is 0 Å². The predicted molar refractivity (Wildman–Crippen MR) is 50.4 cm³/mol. The third-order valence-electron chi connectivity index (χ3n) is 2.21. The van der Waals surface area contributed by atoms with Gasteiger partial charge in [0.2, 0.25) is 0 Å². The minimum absolute atomic E-state index is 0.0366. The van der Waals surface area contributed by atoms with Crippen molar-refractivity contribution in [2.75, 3.05) is 13.2 Å². The van der Waals surface area contributed by atoms with Crippen LogP contribution in [0.15, 0.2) is 18.2 Å². The molecular weight excluding hydrogens is 197 g/mol. The first kappa shape index (κ1) is 10.1. The fourth-order valence-electron chi connectivity index (χ4n) is 1.45. The SMILES string of the molecule is N#Cc1ccc(C2OCCCO2)cc1F. The second-order valence-corrected chi connectivity index (χ2v) is 3.28. The predicted octanol–water partition coefficient (Wildman–Crippen LogP) is 2.13. The maximum Gasteiger partial charge on any atom is 0.183 e. The zero-order valence-corrected chi connectivity index (χ0v) is 8.07. The summed E-state index contributed by atoms with van der Waals surface area (Å²) in [5.74, 6) is -0.534. The summed E-state index contributed by atoms with van der Waals surface area (Å²) in [5, 5.41) is 8.57. The third kappa shape index (κ3) is 2.14. The highest BCUT2D eigenvalue weighted by atomic mass is 19.1. The van der Waals surface area contributed by atoms with E-state index >= 15 is 0 Å². The standard InChI is InChI=1S/C11H10FNO2/c12-10-6-8(2-3-9(10)7-13)11-14-4-1-5-15-11/h2-3,6,11H,1,4-5H2. The van der Waals surface area contributed by atoms with Crippen molar-refractivity contribution >= 4 is 0 Å². The van der Waals surface area contributed by atoms with Gasteiger partial charge < -0.3 is 9.47 Å². The second kappa shape index (κ2) is 4.39. The molecule has 0 bridgehead atoms. The van der Waals surface area contributed by atoms with Crippen molar-refractivity contribution in [2.45, 2.75) is 12.7 Å². The Labute approximate surface area is 87.0 Å². The van der Waals surface area contributed by atoms with Crippen LogP contribution >= 0.6 is 0 Å². The molecule has 1 heterocycles. The summed E-state index contributed by atoms with van der Waals surface area (Å²) in [6, 6.07) is 6.14. The van der Waals surface area contributed by atoms with Gasteiger partial charge in [-0.05, 0) is 18.6 Å². The average molecular weight is 207 g/mol. The molecule has 2 rings (SSSR count). The fraction of sp³-hybridized carbons (Fsp3) is 0.364. The number of halogens is 1. The van der Waals surface area contributed by atoms with Gasteiger partial charge in [-0.2, -0.15) is 5.26 Å². The first-order valence-electron chi connectivity index (χ1n) is 4.74. The van der Waals surface area contributed by atoms with Crippen molar-refractivity contribution in [3.8, 4) is 6.07 Å². The van der Waals surface area contributed by atoms with E-state index in [0.29, 0.717) is 18.8 Å². The van der Waals surface area contributed by atoms with Gasteiger partial charge in [0.1, 0.15) is 11.9 Å². The number of rotatable bonds is 1. The van der Waals surface area contributed by atoms with E-state index in [2.05, 4.69) is 0 Å². The number of ether oxygens (including phenoxy) is 2. The normalized spacial score (nSPS) is 17.3. The fourth-order valence-corrected chi connectivity index (χ4v) is 1.45. The number of nitrogens with zero attached hydrogens (tertiary/aromatic N) is 1. The summed E-state index contributed by atoms with van der Waals surface area (Å²) in [5.41, 5.74) is 0.653. The first-order valence-corrected chi connectivity index (χ1v) is 4.74. The quantitative estimate of drug-likeness (QED) is 0.708. The van der Waals surface area contributed by atoms with E-state index in [0.717, 1.165) is 6.42 Å². The lowest BCUT2D eigenvalue weighted by Crippen LogP contribution is -2.17. The number of hydrogen-bond donors (Lipinski definition) is 0. The molecule has 1 fully saturated rings. The Morgan fingerprint density at radius 1 is 1.33 bits per heavy atom. The lowest BCUT2D eigenvalue weighted by molar-refractivity contribution is -0.183. The van der Waals surface area contributed by atoms with Gasteiger partial charge in [-0.1, -0.05) is 6.07 Å². The van der Waals surface area contributed by atoms with Gasteiger partial charge in [-0.3, -0.25) is 0 Å². The molecule has 1 aromatic rings. The van der Waals surface area contributed by atoms with Gasteiger partial charge in [0.15, 0.2) is 6.29 Å². The topological polar surface area (TPSA) is 42.2 Å². The molecule has 0 amide bonds. The zero-order valence-electron chi connectivity index (χ0n) is 8.07. The molecule has 3 nitrogen and oxygen atoms in total. The number of nitriles is 1. The molecule has 0 N–H and O–H groups in total. The zero-order chi connectivity index (χ0) is 10.7. The summed E-state index contributed by atoms with van der Waals surface area (Å²) < 4.78 is 23.9. The van der Waals surface area contributed by atoms with E-state index in [9.17, 15) is 4.39 Å². The third-order valence-corrected chi connectivity index (χ3v) is 2.21. The summed E-state index contributed by atoms with van der Waals surface area (Å²) in [6.45, 7) is 1.23. The molecule has 0 spiro atoms. The lowest BCUT2D eigenvalue weighted by Gasteiger charge is -2.23. The molecule has 78 valence electrons. The Morgan fingerprint density at radius 2 is 2.07 bits per heavy atom. The molecule has 0 unspecified atom stereocenters. The molecule has 1 aliphatic rings. The summed E-state index contributed by atoms with van der Waals surface area (Å²) in [7, 11) is 0. The molecule has 0 atom stereocenters. The maximum absolute atomic E-state index is 13.3. The molecule has 0 radical (unpaired) electrons. The highest BCUT2D eigenvalue weighted by Gasteiger charge is 2.17. The minimum Gasteiger partial charge on any atom is -0.348 e. The smallest absolute Gasteiger partial charge is 0.183 e. The summed E-state index contributed by atoms with van der Waals surface area (Å²) in [6.07, 6.45) is 0.357. The van der Waals surface area contributed by atoms with Gasteiger partial charge in [0.05, 0.1) is 18.8 Å². The number of benzene rings is 1. The Kier molecular flexibility index (Phi) is 2.95. The Hall–Kier alpha value is -1.44. The van der Waals surface area contributed by atoms with Crippen molar-refractivity contribution in [1.82, 2.24) is 0 Å². The minimum atomic E-state index is -0.534. The van der Waals surface area contributed by atoms with E-state index in [-0.39, 0.29) is 5.56 Å². The van der Waals surface area contributed by atoms with Gasteiger partial charge in [-0.25, -0.2) is 4.39 Å².